The zero-order valence-electron chi connectivity index (χ0n) is 10.1. The molecule has 0 aromatic heterocycles. The molecule has 0 aromatic rings. The molecule has 0 aliphatic rings. The molecule has 96 valence electrons. The fraction of sp³-hybridized carbons (Fsp3) is 0.900. The third-order valence-corrected chi connectivity index (χ3v) is 2.26. The van der Waals surface area contributed by atoms with Gasteiger partial charge in [-0.1, -0.05) is 6.92 Å². The Labute approximate surface area is 97.0 Å². The van der Waals surface area contributed by atoms with Gasteiger partial charge in [0.2, 0.25) is 5.91 Å². The Balaban J connectivity index is 3.77. The molecule has 6 nitrogen and oxygen atoms in total. The summed E-state index contributed by atoms with van der Waals surface area (Å²) in [5, 5.41) is 18.1. The molecule has 16 heavy (non-hydrogen) atoms. The van der Waals surface area contributed by atoms with E-state index in [1.54, 1.807) is 7.05 Å². The first-order chi connectivity index (χ1) is 7.65. The molecule has 0 radical (unpaired) electrons. The van der Waals surface area contributed by atoms with Crippen LogP contribution in [0.5, 0.6) is 0 Å². The molecule has 0 spiro atoms. The third-order valence-electron chi connectivity index (χ3n) is 2.26. The second-order valence-electron chi connectivity index (χ2n) is 3.63. The second-order valence-corrected chi connectivity index (χ2v) is 3.63. The van der Waals surface area contributed by atoms with E-state index in [2.05, 4.69) is 16.0 Å². The normalized spacial score (nSPS) is 14.5. The van der Waals surface area contributed by atoms with Crippen LogP contribution in [0.1, 0.15) is 13.3 Å². The summed E-state index contributed by atoms with van der Waals surface area (Å²) >= 11 is 0. The summed E-state index contributed by atoms with van der Waals surface area (Å²) in [7, 11) is 1.72. The van der Waals surface area contributed by atoms with Gasteiger partial charge < -0.3 is 26.8 Å². The van der Waals surface area contributed by atoms with E-state index in [1.165, 1.54) is 0 Å². The van der Waals surface area contributed by atoms with Crippen LogP contribution in [0.15, 0.2) is 0 Å². The number of hydrogen-bond donors (Lipinski definition) is 5. The standard InChI is InChI=1S/C10H24N4O2/c1-3-13-6-8(15)7-14-10(16)9(12-2)4-5-11/h8-9,12-13,15H,3-7,11H2,1-2H3,(H,14,16)/t8?,9-/m0/s1. The van der Waals surface area contributed by atoms with Crippen LogP contribution in [0.4, 0.5) is 0 Å². The van der Waals surface area contributed by atoms with Crippen LogP contribution in [0.3, 0.4) is 0 Å². The van der Waals surface area contributed by atoms with Gasteiger partial charge in [-0.15, -0.1) is 0 Å². The van der Waals surface area contributed by atoms with E-state index < -0.39 is 6.10 Å². The number of rotatable bonds is 9. The summed E-state index contributed by atoms with van der Waals surface area (Å²) in [6.45, 7) is 3.96. The van der Waals surface area contributed by atoms with E-state index >= 15 is 0 Å². The Hall–Kier alpha value is -0.690. The van der Waals surface area contributed by atoms with Crippen LogP contribution in [0, 0.1) is 0 Å². The van der Waals surface area contributed by atoms with Crippen molar-refractivity contribution in [1.82, 2.24) is 16.0 Å². The Morgan fingerprint density at radius 1 is 1.44 bits per heavy atom. The summed E-state index contributed by atoms with van der Waals surface area (Å²) < 4.78 is 0. The van der Waals surface area contributed by atoms with Crippen molar-refractivity contribution in [3.63, 3.8) is 0 Å². The maximum absolute atomic E-state index is 11.6. The van der Waals surface area contributed by atoms with Crippen LogP contribution >= 0.6 is 0 Å². The highest BCUT2D eigenvalue weighted by atomic mass is 16.3. The molecule has 0 rings (SSSR count). The van der Waals surface area contributed by atoms with Crippen molar-refractivity contribution in [3.05, 3.63) is 0 Å². The van der Waals surface area contributed by atoms with Crippen LogP contribution in [0.25, 0.3) is 0 Å². The number of nitrogens with two attached hydrogens (primary N) is 1. The molecule has 0 aliphatic heterocycles. The molecule has 0 bridgehead atoms. The van der Waals surface area contributed by atoms with Crippen molar-refractivity contribution < 1.29 is 9.90 Å². The molecule has 0 saturated heterocycles. The number of nitrogens with one attached hydrogen (secondary N) is 3. The molecule has 0 aromatic carbocycles. The van der Waals surface area contributed by atoms with Gasteiger partial charge >= 0.3 is 0 Å². The summed E-state index contributed by atoms with van der Waals surface area (Å²) in [4.78, 5) is 11.6. The number of likely N-dealkylation sites (N-methyl/N-ethyl adjacent to an activating group) is 2. The van der Waals surface area contributed by atoms with Gasteiger partial charge in [0.25, 0.3) is 0 Å². The van der Waals surface area contributed by atoms with Gasteiger partial charge in [0.05, 0.1) is 12.1 Å². The van der Waals surface area contributed by atoms with E-state index in [9.17, 15) is 9.90 Å². The smallest absolute Gasteiger partial charge is 0.237 e. The molecule has 2 atom stereocenters. The zero-order chi connectivity index (χ0) is 12.4. The average molecular weight is 232 g/mol. The average Bonchev–Trinajstić information content (AvgIpc) is 2.30. The number of carbonyl (C=O) groups excluding carboxylic acids is 1. The maximum Gasteiger partial charge on any atom is 0.237 e. The first-order valence-electron chi connectivity index (χ1n) is 5.69. The van der Waals surface area contributed by atoms with Gasteiger partial charge in [-0.3, -0.25) is 4.79 Å². The Morgan fingerprint density at radius 2 is 2.12 bits per heavy atom. The molecule has 1 unspecified atom stereocenters. The lowest BCUT2D eigenvalue weighted by molar-refractivity contribution is -0.123. The maximum atomic E-state index is 11.6. The number of amides is 1. The van der Waals surface area contributed by atoms with Crippen LogP contribution < -0.4 is 21.7 Å². The number of carbonyl (C=O) groups is 1. The molecule has 0 aliphatic carbocycles. The summed E-state index contributed by atoms with van der Waals surface area (Å²) in [6.07, 6.45) is 0.0327. The van der Waals surface area contributed by atoms with Crippen LogP contribution in [0.2, 0.25) is 0 Å². The largest absolute Gasteiger partial charge is 0.390 e. The summed E-state index contributed by atoms with van der Waals surface area (Å²) in [5.74, 6) is -0.122. The fourth-order valence-corrected chi connectivity index (χ4v) is 1.30. The molecular weight excluding hydrogens is 208 g/mol. The molecule has 0 saturated carbocycles. The Kier molecular flexibility index (Phi) is 9.12. The van der Waals surface area contributed by atoms with Gasteiger partial charge in [-0.2, -0.15) is 0 Å². The molecule has 0 heterocycles. The predicted molar refractivity (Wildman–Crippen MR) is 64.1 cm³/mol. The lowest BCUT2D eigenvalue weighted by atomic mass is 10.2. The van der Waals surface area contributed by atoms with Gasteiger partial charge in [0.15, 0.2) is 0 Å². The third kappa shape index (κ3) is 6.73. The molecule has 1 amide bonds. The zero-order valence-corrected chi connectivity index (χ0v) is 10.1. The second kappa shape index (κ2) is 9.53. The van der Waals surface area contributed by atoms with E-state index in [0.717, 1.165) is 6.54 Å². The SMILES string of the molecule is CCNCC(O)CNC(=O)[C@H](CCN)NC. The molecule has 6 heteroatoms. The molecule has 6 N–H and O–H groups in total. The highest BCUT2D eigenvalue weighted by molar-refractivity contribution is 5.81. The van der Waals surface area contributed by atoms with Crippen molar-refractivity contribution in [2.45, 2.75) is 25.5 Å². The van der Waals surface area contributed by atoms with Crippen LogP contribution in [-0.4, -0.2) is 56.4 Å². The lowest BCUT2D eigenvalue weighted by Crippen LogP contribution is -2.47. The Morgan fingerprint density at radius 3 is 2.62 bits per heavy atom. The van der Waals surface area contributed by atoms with E-state index in [-0.39, 0.29) is 18.5 Å². The fourth-order valence-electron chi connectivity index (χ4n) is 1.30. The van der Waals surface area contributed by atoms with E-state index in [4.69, 9.17) is 5.73 Å². The van der Waals surface area contributed by atoms with Gasteiger partial charge in [0.1, 0.15) is 0 Å². The lowest BCUT2D eigenvalue weighted by Gasteiger charge is -2.17. The van der Waals surface area contributed by atoms with Crippen LogP contribution in [-0.2, 0) is 4.79 Å². The molecule has 0 fully saturated rings. The minimum Gasteiger partial charge on any atom is -0.390 e. The first-order valence-corrected chi connectivity index (χ1v) is 5.69. The quantitative estimate of drug-likeness (QED) is 0.317. The first kappa shape index (κ1) is 15.3. The van der Waals surface area contributed by atoms with Crippen molar-refractivity contribution in [1.29, 1.82) is 0 Å². The number of aliphatic hydroxyl groups is 1. The van der Waals surface area contributed by atoms with Crippen molar-refractivity contribution in [2.24, 2.45) is 5.73 Å². The topological polar surface area (TPSA) is 99.4 Å². The van der Waals surface area contributed by atoms with E-state index in [1.807, 2.05) is 6.92 Å². The minimum absolute atomic E-state index is 0.122. The monoisotopic (exact) mass is 232 g/mol. The predicted octanol–water partition coefficient (Wildman–Crippen LogP) is -1.99. The van der Waals surface area contributed by atoms with Gasteiger partial charge in [-0.25, -0.2) is 0 Å². The van der Waals surface area contributed by atoms with Crippen molar-refractivity contribution >= 4 is 5.91 Å². The Bertz CT molecular complexity index is 190. The van der Waals surface area contributed by atoms with E-state index in [0.29, 0.717) is 19.5 Å². The summed E-state index contributed by atoms with van der Waals surface area (Å²) in [6, 6.07) is -0.281. The highest BCUT2D eigenvalue weighted by Gasteiger charge is 2.15. The van der Waals surface area contributed by atoms with Crippen molar-refractivity contribution in [3.8, 4) is 0 Å². The number of hydrogen-bond acceptors (Lipinski definition) is 5. The molecular formula is C10H24N4O2. The summed E-state index contributed by atoms with van der Waals surface area (Å²) in [5.41, 5.74) is 5.39. The highest BCUT2D eigenvalue weighted by Crippen LogP contribution is 1.89. The van der Waals surface area contributed by atoms with Gasteiger partial charge in [-0.05, 0) is 26.6 Å². The minimum atomic E-state index is -0.556. The van der Waals surface area contributed by atoms with Gasteiger partial charge in [0, 0.05) is 13.1 Å². The number of aliphatic hydroxyl groups excluding tert-OH is 1. The van der Waals surface area contributed by atoms with Crippen molar-refractivity contribution in [2.75, 3.05) is 33.2 Å².